The Morgan fingerprint density at radius 3 is 2.36 bits per heavy atom. The molecular weight excluding hydrogens is 288 g/mol. The topological polar surface area (TPSA) is 51.0 Å². The molecule has 6 heteroatoms. The maximum atomic E-state index is 13.2. The van der Waals surface area contributed by atoms with Crippen LogP contribution in [0.4, 0.5) is 14.5 Å². The third-order valence-corrected chi connectivity index (χ3v) is 3.08. The maximum Gasteiger partial charge on any atom is 0.247 e. The molecule has 1 aromatic heterocycles. The lowest BCUT2D eigenvalue weighted by atomic mass is 10.2. The first-order chi connectivity index (χ1) is 10.6. The molecule has 2 aromatic carbocycles. The van der Waals surface area contributed by atoms with Crippen molar-refractivity contribution in [2.45, 2.75) is 13.0 Å². The zero-order chi connectivity index (χ0) is 15.5. The molecule has 0 unspecified atom stereocenters. The van der Waals surface area contributed by atoms with Crippen molar-refractivity contribution in [1.29, 1.82) is 0 Å². The van der Waals surface area contributed by atoms with Crippen LogP contribution in [-0.4, -0.2) is 10.2 Å². The smallest absolute Gasteiger partial charge is 0.247 e. The molecule has 0 aliphatic carbocycles. The van der Waals surface area contributed by atoms with E-state index < -0.39 is 11.6 Å². The average Bonchev–Trinajstić information content (AvgIpc) is 2.97. The fourth-order valence-electron chi connectivity index (χ4n) is 2.06. The molecule has 0 aliphatic rings. The highest BCUT2D eigenvalue weighted by atomic mass is 19.1. The van der Waals surface area contributed by atoms with Crippen LogP contribution < -0.4 is 5.32 Å². The molecule has 112 valence electrons. The van der Waals surface area contributed by atoms with Crippen molar-refractivity contribution in [1.82, 2.24) is 10.2 Å². The van der Waals surface area contributed by atoms with Gasteiger partial charge in [-0.15, -0.1) is 10.2 Å². The number of hydrogen-bond donors (Lipinski definition) is 1. The lowest BCUT2D eigenvalue weighted by molar-refractivity contribution is 0.484. The predicted octanol–water partition coefficient (Wildman–Crippen LogP) is 4.19. The van der Waals surface area contributed by atoms with Gasteiger partial charge in [0, 0.05) is 17.3 Å². The van der Waals surface area contributed by atoms with E-state index in [-0.39, 0.29) is 6.04 Å². The van der Waals surface area contributed by atoms with E-state index in [0.717, 1.165) is 11.6 Å². The van der Waals surface area contributed by atoms with Crippen molar-refractivity contribution in [2.75, 3.05) is 5.32 Å². The average molecular weight is 301 g/mol. The van der Waals surface area contributed by atoms with Gasteiger partial charge in [0.15, 0.2) is 0 Å². The number of rotatable bonds is 4. The van der Waals surface area contributed by atoms with E-state index in [1.165, 1.54) is 12.1 Å². The zero-order valence-corrected chi connectivity index (χ0v) is 11.8. The Morgan fingerprint density at radius 1 is 1.00 bits per heavy atom. The summed E-state index contributed by atoms with van der Waals surface area (Å²) in [5, 5.41) is 10.9. The number of nitrogens with zero attached hydrogens (tertiary/aromatic N) is 2. The lowest BCUT2D eigenvalue weighted by Gasteiger charge is -2.11. The third kappa shape index (κ3) is 3.11. The van der Waals surface area contributed by atoms with Gasteiger partial charge in [-0.05, 0) is 31.2 Å². The molecule has 0 amide bonds. The van der Waals surface area contributed by atoms with Crippen molar-refractivity contribution in [2.24, 2.45) is 0 Å². The molecule has 1 heterocycles. The summed E-state index contributed by atoms with van der Waals surface area (Å²) in [6.45, 7) is 1.77. The normalized spacial score (nSPS) is 12.1. The molecule has 0 aliphatic heterocycles. The van der Waals surface area contributed by atoms with Crippen LogP contribution in [0.5, 0.6) is 0 Å². The summed E-state index contributed by atoms with van der Waals surface area (Å²) in [7, 11) is 0. The second-order valence-corrected chi connectivity index (χ2v) is 4.84. The molecule has 4 nitrogen and oxygen atoms in total. The van der Waals surface area contributed by atoms with Crippen LogP contribution in [0.25, 0.3) is 11.5 Å². The number of anilines is 1. The van der Waals surface area contributed by atoms with Crippen LogP contribution in [0.15, 0.2) is 52.9 Å². The molecule has 3 aromatic rings. The minimum absolute atomic E-state index is 0.310. The fraction of sp³-hybridized carbons (Fsp3) is 0.125. The van der Waals surface area contributed by atoms with E-state index in [4.69, 9.17) is 4.42 Å². The van der Waals surface area contributed by atoms with Crippen LogP contribution >= 0.6 is 0 Å². The molecule has 1 N–H and O–H groups in total. The van der Waals surface area contributed by atoms with Gasteiger partial charge >= 0.3 is 0 Å². The highest BCUT2D eigenvalue weighted by molar-refractivity contribution is 5.52. The van der Waals surface area contributed by atoms with Gasteiger partial charge in [-0.2, -0.15) is 0 Å². The van der Waals surface area contributed by atoms with Crippen molar-refractivity contribution in [3.05, 3.63) is 66.1 Å². The van der Waals surface area contributed by atoms with Gasteiger partial charge in [0.1, 0.15) is 17.7 Å². The summed E-state index contributed by atoms with van der Waals surface area (Å²) in [5.74, 6) is -0.561. The minimum atomic E-state index is -0.648. The van der Waals surface area contributed by atoms with Crippen molar-refractivity contribution in [3.63, 3.8) is 0 Å². The van der Waals surface area contributed by atoms with Gasteiger partial charge in [0.25, 0.3) is 0 Å². The maximum absolute atomic E-state index is 13.2. The van der Waals surface area contributed by atoms with Gasteiger partial charge in [0.05, 0.1) is 0 Å². The van der Waals surface area contributed by atoms with Gasteiger partial charge in [-0.25, -0.2) is 8.78 Å². The summed E-state index contributed by atoms with van der Waals surface area (Å²) in [6, 6.07) is 12.2. The largest absolute Gasteiger partial charge is 0.418 e. The van der Waals surface area contributed by atoms with E-state index in [9.17, 15) is 8.78 Å². The van der Waals surface area contributed by atoms with Crippen LogP contribution in [0.2, 0.25) is 0 Å². The fourth-order valence-corrected chi connectivity index (χ4v) is 2.06. The van der Waals surface area contributed by atoms with E-state index in [1.807, 2.05) is 30.3 Å². The molecule has 1 atom stereocenters. The van der Waals surface area contributed by atoms with E-state index in [2.05, 4.69) is 15.5 Å². The number of halogens is 2. The number of benzene rings is 2. The Kier molecular flexibility index (Phi) is 3.82. The second kappa shape index (κ2) is 5.93. The number of aromatic nitrogens is 2. The molecule has 0 saturated heterocycles. The zero-order valence-electron chi connectivity index (χ0n) is 11.8. The van der Waals surface area contributed by atoms with E-state index in [1.54, 1.807) is 6.92 Å². The highest BCUT2D eigenvalue weighted by Crippen LogP contribution is 2.23. The standard InChI is InChI=1S/C16H13F2N3O/c1-10(19-14-8-12(17)7-13(18)9-14)15-20-21-16(22-15)11-5-3-2-4-6-11/h2-10,19H,1H3/t10-/m0/s1. The quantitative estimate of drug-likeness (QED) is 0.785. The van der Waals surface area contributed by atoms with Gasteiger partial charge in [-0.3, -0.25) is 0 Å². The van der Waals surface area contributed by atoms with Gasteiger partial charge in [0.2, 0.25) is 11.8 Å². The van der Waals surface area contributed by atoms with Crippen LogP contribution in [-0.2, 0) is 0 Å². The Balaban J connectivity index is 1.78. The van der Waals surface area contributed by atoms with Gasteiger partial charge in [-0.1, -0.05) is 18.2 Å². The Hall–Kier alpha value is -2.76. The Bertz CT molecular complexity index is 754. The summed E-state index contributed by atoms with van der Waals surface area (Å²) < 4.78 is 31.9. The van der Waals surface area contributed by atoms with Crippen LogP contribution in [0.1, 0.15) is 18.9 Å². The first kappa shape index (κ1) is 14.2. The summed E-state index contributed by atoms with van der Waals surface area (Å²) in [4.78, 5) is 0. The molecule has 0 radical (unpaired) electrons. The molecule has 0 spiro atoms. The lowest BCUT2D eigenvalue weighted by Crippen LogP contribution is -2.07. The molecular formula is C16H13F2N3O. The molecule has 0 bridgehead atoms. The van der Waals surface area contributed by atoms with E-state index >= 15 is 0 Å². The predicted molar refractivity (Wildman–Crippen MR) is 78.1 cm³/mol. The number of hydrogen-bond acceptors (Lipinski definition) is 4. The highest BCUT2D eigenvalue weighted by Gasteiger charge is 2.15. The molecule has 0 fully saturated rings. The molecule has 3 rings (SSSR count). The summed E-state index contributed by atoms with van der Waals surface area (Å²) in [6.07, 6.45) is 0. The van der Waals surface area contributed by atoms with Crippen molar-refractivity contribution >= 4 is 5.69 Å². The van der Waals surface area contributed by atoms with Crippen molar-refractivity contribution < 1.29 is 13.2 Å². The Morgan fingerprint density at radius 2 is 1.68 bits per heavy atom. The first-order valence-electron chi connectivity index (χ1n) is 6.73. The first-order valence-corrected chi connectivity index (χ1v) is 6.73. The monoisotopic (exact) mass is 301 g/mol. The second-order valence-electron chi connectivity index (χ2n) is 4.84. The van der Waals surface area contributed by atoms with E-state index in [0.29, 0.717) is 17.5 Å². The van der Waals surface area contributed by atoms with Crippen LogP contribution in [0, 0.1) is 11.6 Å². The van der Waals surface area contributed by atoms with Gasteiger partial charge < -0.3 is 9.73 Å². The van der Waals surface area contributed by atoms with Crippen molar-refractivity contribution in [3.8, 4) is 11.5 Å². The third-order valence-electron chi connectivity index (χ3n) is 3.08. The SMILES string of the molecule is C[C@H](Nc1cc(F)cc(F)c1)c1nnc(-c2ccccc2)o1. The summed E-state index contributed by atoms with van der Waals surface area (Å²) >= 11 is 0. The summed E-state index contributed by atoms with van der Waals surface area (Å²) in [5.41, 5.74) is 1.12. The minimum Gasteiger partial charge on any atom is -0.418 e. The number of nitrogens with one attached hydrogen (secondary N) is 1. The molecule has 0 saturated carbocycles. The van der Waals surface area contributed by atoms with Crippen LogP contribution in [0.3, 0.4) is 0 Å². The Labute approximate surface area is 125 Å². The molecule has 22 heavy (non-hydrogen) atoms.